The van der Waals surface area contributed by atoms with Gasteiger partial charge in [0.25, 0.3) is 5.91 Å². The van der Waals surface area contributed by atoms with Crippen LogP contribution in [0.15, 0.2) is 47.3 Å². The van der Waals surface area contributed by atoms with E-state index >= 15 is 0 Å². The summed E-state index contributed by atoms with van der Waals surface area (Å²) in [7, 11) is 0. The Hall–Kier alpha value is -2.68. The fraction of sp³-hybridized carbons (Fsp3) is 0.133. The molecule has 2 heterocycles. The maximum atomic E-state index is 12.5. The van der Waals surface area contributed by atoms with Crippen molar-refractivity contribution in [2.45, 2.75) is 12.7 Å². The number of hydrogen-bond acceptors (Lipinski definition) is 4. The smallest absolute Gasteiger partial charge is 0.346 e. The molecule has 9 heteroatoms. The molecule has 0 radical (unpaired) electrons. The maximum absolute atomic E-state index is 12.5. The van der Waals surface area contributed by atoms with E-state index in [0.29, 0.717) is 5.69 Å². The topological polar surface area (TPSA) is 59.8 Å². The predicted octanol–water partition coefficient (Wildman–Crippen LogP) is 3.28. The standard InChI is InChI=1S/C15H11F3N4OS/c16-15(17,18)11-3-1-10(2-4-11)14(23)19-7-12-8-22(21-20-12)13-5-6-24-9-13/h1-6,8-9H,7H2,(H,19,23). The molecule has 2 aromatic heterocycles. The van der Waals surface area contributed by atoms with E-state index in [-0.39, 0.29) is 12.1 Å². The number of amides is 1. The minimum atomic E-state index is -4.42. The van der Waals surface area contributed by atoms with Crippen molar-refractivity contribution in [3.8, 4) is 5.69 Å². The van der Waals surface area contributed by atoms with Crippen LogP contribution in [0.5, 0.6) is 0 Å². The Bertz CT molecular complexity index is 825. The minimum Gasteiger partial charge on any atom is -0.346 e. The molecule has 0 spiro atoms. The van der Waals surface area contributed by atoms with Crippen LogP contribution in [0.4, 0.5) is 13.2 Å². The largest absolute Gasteiger partial charge is 0.416 e. The molecule has 3 rings (SSSR count). The van der Waals surface area contributed by atoms with Gasteiger partial charge < -0.3 is 5.32 Å². The first-order chi connectivity index (χ1) is 11.4. The molecule has 0 fully saturated rings. The highest BCUT2D eigenvalue weighted by Crippen LogP contribution is 2.29. The van der Waals surface area contributed by atoms with Crippen molar-refractivity contribution in [2.24, 2.45) is 0 Å². The summed E-state index contributed by atoms with van der Waals surface area (Å²) in [6.45, 7) is 0.129. The molecule has 0 aliphatic rings. The zero-order chi connectivity index (χ0) is 17.2. The monoisotopic (exact) mass is 352 g/mol. The first-order valence-electron chi connectivity index (χ1n) is 6.83. The van der Waals surface area contributed by atoms with Gasteiger partial charge >= 0.3 is 6.18 Å². The quantitative estimate of drug-likeness (QED) is 0.784. The average molecular weight is 352 g/mol. The van der Waals surface area contributed by atoms with E-state index < -0.39 is 17.6 Å². The summed E-state index contributed by atoms with van der Waals surface area (Å²) < 4.78 is 39.1. The molecule has 0 unspecified atom stereocenters. The molecular weight excluding hydrogens is 341 g/mol. The second-order valence-corrected chi connectivity index (χ2v) is 5.67. The summed E-state index contributed by atoms with van der Waals surface area (Å²) >= 11 is 1.52. The lowest BCUT2D eigenvalue weighted by Crippen LogP contribution is -2.23. The average Bonchev–Trinajstić information content (AvgIpc) is 3.23. The number of thiophene rings is 1. The number of carbonyl (C=O) groups is 1. The molecule has 1 N–H and O–H groups in total. The Morgan fingerprint density at radius 3 is 2.58 bits per heavy atom. The SMILES string of the molecule is O=C(NCc1cn(-c2ccsc2)nn1)c1ccc(C(F)(F)F)cc1. The summed E-state index contributed by atoms with van der Waals surface area (Å²) in [4.78, 5) is 12.0. The van der Waals surface area contributed by atoms with Gasteiger partial charge in [-0.3, -0.25) is 4.79 Å². The molecule has 0 atom stereocenters. The lowest BCUT2D eigenvalue weighted by atomic mass is 10.1. The van der Waals surface area contributed by atoms with Crippen LogP contribution in [0.2, 0.25) is 0 Å². The van der Waals surface area contributed by atoms with E-state index in [1.54, 1.807) is 10.9 Å². The molecule has 0 saturated heterocycles. The van der Waals surface area contributed by atoms with Crippen molar-refractivity contribution in [3.05, 3.63) is 64.1 Å². The number of benzene rings is 1. The van der Waals surface area contributed by atoms with E-state index in [0.717, 1.165) is 30.0 Å². The Labute approximate surface area is 138 Å². The lowest BCUT2D eigenvalue weighted by Gasteiger charge is -2.07. The number of nitrogens with one attached hydrogen (secondary N) is 1. The molecular formula is C15H11F3N4OS. The third kappa shape index (κ3) is 3.62. The van der Waals surface area contributed by atoms with Gasteiger partial charge in [-0.1, -0.05) is 5.21 Å². The summed E-state index contributed by atoms with van der Waals surface area (Å²) in [5.41, 5.74) is 0.764. The van der Waals surface area contributed by atoms with Gasteiger partial charge in [0.2, 0.25) is 0 Å². The van der Waals surface area contributed by atoms with Crippen molar-refractivity contribution >= 4 is 17.2 Å². The molecule has 3 aromatic rings. The number of aromatic nitrogens is 3. The molecule has 0 saturated carbocycles. The zero-order valence-electron chi connectivity index (χ0n) is 12.1. The highest BCUT2D eigenvalue weighted by Gasteiger charge is 2.30. The number of carbonyl (C=O) groups excluding carboxylic acids is 1. The number of hydrogen-bond donors (Lipinski definition) is 1. The van der Waals surface area contributed by atoms with Gasteiger partial charge in [-0.2, -0.15) is 24.5 Å². The van der Waals surface area contributed by atoms with Gasteiger partial charge in [0.15, 0.2) is 0 Å². The van der Waals surface area contributed by atoms with Gasteiger partial charge in [0.1, 0.15) is 5.69 Å². The van der Waals surface area contributed by atoms with Crippen molar-refractivity contribution in [1.29, 1.82) is 0 Å². The van der Waals surface area contributed by atoms with E-state index in [1.807, 2.05) is 16.8 Å². The first-order valence-corrected chi connectivity index (χ1v) is 7.77. The fourth-order valence-electron chi connectivity index (χ4n) is 1.98. The molecule has 1 amide bonds. The number of rotatable bonds is 4. The molecule has 0 bridgehead atoms. The number of nitrogens with zero attached hydrogens (tertiary/aromatic N) is 3. The van der Waals surface area contributed by atoms with Gasteiger partial charge in [-0.05, 0) is 35.7 Å². The van der Waals surface area contributed by atoms with Crippen LogP contribution in [-0.4, -0.2) is 20.9 Å². The second-order valence-electron chi connectivity index (χ2n) is 4.89. The van der Waals surface area contributed by atoms with E-state index in [2.05, 4.69) is 15.6 Å². The first kappa shape index (κ1) is 16.2. The van der Waals surface area contributed by atoms with Crippen molar-refractivity contribution in [3.63, 3.8) is 0 Å². The van der Waals surface area contributed by atoms with Crippen LogP contribution < -0.4 is 5.32 Å². The van der Waals surface area contributed by atoms with Gasteiger partial charge in [0.05, 0.1) is 24.0 Å². The molecule has 5 nitrogen and oxygen atoms in total. The third-order valence-corrected chi connectivity index (χ3v) is 3.89. The molecule has 1 aromatic carbocycles. The Morgan fingerprint density at radius 1 is 1.21 bits per heavy atom. The maximum Gasteiger partial charge on any atom is 0.416 e. The summed E-state index contributed by atoms with van der Waals surface area (Å²) in [6.07, 6.45) is -2.75. The fourth-order valence-corrected chi connectivity index (χ4v) is 2.60. The van der Waals surface area contributed by atoms with Gasteiger partial charge in [-0.15, -0.1) is 5.10 Å². The van der Waals surface area contributed by atoms with Gasteiger partial charge in [0, 0.05) is 10.9 Å². The minimum absolute atomic E-state index is 0.129. The lowest BCUT2D eigenvalue weighted by molar-refractivity contribution is -0.137. The van der Waals surface area contributed by atoms with E-state index in [9.17, 15) is 18.0 Å². The van der Waals surface area contributed by atoms with Crippen LogP contribution in [-0.2, 0) is 12.7 Å². The van der Waals surface area contributed by atoms with Crippen LogP contribution in [0.25, 0.3) is 5.69 Å². The number of alkyl halides is 3. The molecule has 0 aliphatic carbocycles. The predicted molar refractivity (Wildman–Crippen MR) is 81.9 cm³/mol. The van der Waals surface area contributed by atoms with Crippen molar-refractivity contribution in [2.75, 3.05) is 0 Å². The van der Waals surface area contributed by atoms with E-state index in [1.165, 1.54) is 11.3 Å². The van der Waals surface area contributed by atoms with Crippen LogP contribution in [0, 0.1) is 0 Å². The number of halogens is 3. The summed E-state index contributed by atoms with van der Waals surface area (Å²) in [6, 6.07) is 5.91. The molecule has 0 aliphatic heterocycles. The van der Waals surface area contributed by atoms with Crippen molar-refractivity contribution in [1.82, 2.24) is 20.3 Å². The summed E-state index contributed by atoms with van der Waals surface area (Å²) in [5.74, 6) is -0.478. The van der Waals surface area contributed by atoms with E-state index in [4.69, 9.17) is 0 Å². The molecule has 24 heavy (non-hydrogen) atoms. The Balaban J connectivity index is 1.61. The normalized spacial score (nSPS) is 11.5. The second kappa shape index (κ2) is 6.44. The summed E-state index contributed by atoms with van der Waals surface area (Å²) in [5, 5.41) is 14.3. The Morgan fingerprint density at radius 2 is 1.96 bits per heavy atom. The van der Waals surface area contributed by atoms with Crippen molar-refractivity contribution < 1.29 is 18.0 Å². The molecule has 124 valence electrons. The van der Waals surface area contributed by atoms with Gasteiger partial charge in [-0.25, -0.2) is 4.68 Å². The Kier molecular flexibility index (Phi) is 4.34. The van der Waals surface area contributed by atoms with Crippen LogP contribution >= 0.6 is 11.3 Å². The third-order valence-electron chi connectivity index (χ3n) is 3.22. The van der Waals surface area contributed by atoms with Crippen LogP contribution in [0.1, 0.15) is 21.6 Å². The highest BCUT2D eigenvalue weighted by atomic mass is 32.1. The zero-order valence-corrected chi connectivity index (χ0v) is 12.9. The van der Waals surface area contributed by atoms with Crippen LogP contribution in [0.3, 0.4) is 0 Å². The highest BCUT2D eigenvalue weighted by molar-refractivity contribution is 7.08.